The zero-order chi connectivity index (χ0) is 29.3. The van der Waals surface area contributed by atoms with Crippen LogP contribution in [0.25, 0.3) is 11.1 Å². The summed E-state index contributed by atoms with van der Waals surface area (Å²) in [6.07, 6.45) is 6.90. The second-order valence-corrected chi connectivity index (χ2v) is 11.1. The van der Waals surface area contributed by atoms with E-state index in [0.29, 0.717) is 18.2 Å². The fourth-order valence-corrected chi connectivity index (χ4v) is 5.87. The SMILES string of the molecule is CCC(=C(c1ccc(O)cc1)c1ccc(OCC(CNCC2CCCCC2)OC(C)=O)cc1)c1ccc2c(c1)OCO2. The third-order valence-corrected chi connectivity index (χ3v) is 7.97. The number of allylic oxidation sites excluding steroid dienone is 1. The smallest absolute Gasteiger partial charge is 0.303 e. The van der Waals surface area contributed by atoms with Crippen molar-refractivity contribution in [3.8, 4) is 23.0 Å². The van der Waals surface area contributed by atoms with Crippen LogP contribution in [-0.2, 0) is 9.53 Å². The van der Waals surface area contributed by atoms with Gasteiger partial charge in [-0.3, -0.25) is 4.79 Å². The van der Waals surface area contributed by atoms with Gasteiger partial charge in [0.05, 0.1) is 0 Å². The Morgan fingerprint density at radius 2 is 1.60 bits per heavy atom. The number of benzene rings is 3. The molecule has 1 aliphatic heterocycles. The average molecular weight is 572 g/mol. The first-order valence-corrected chi connectivity index (χ1v) is 15.0. The van der Waals surface area contributed by atoms with Crippen molar-refractivity contribution in [2.45, 2.75) is 58.5 Å². The van der Waals surface area contributed by atoms with E-state index < -0.39 is 0 Å². The van der Waals surface area contributed by atoms with E-state index in [1.165, 1.54) is 39.0 Å². The van der Waals surface area contributed by atoms with Crippen LogP contribution in [0.5, 0.6) is 23.0 Å². The maximum atomic E-state index is 11.7. The third-order valence-electron chi connectivity index (χ3n) is 7.97. The van der Waals surface area contributed by atoms with Crippen molar-refractivity contribution >= 4 is 17.1 Å². The number of phenols is 1. The van der Waals surface area contributed by atoms with Crippen LogP contribution in [0.4, 0.5) is 0 Å². The van der Waals surface area contributed by atoms with Crippen LogP contribution in [-0.4, -0.2) is 43.7 Å². The van der Waals surface area contributed by atoms with Crippen LogP contribution < -0.4 is 19.5 Å². The Balaban J connectivity index is 1.33. The van der Waals surface area contributed by atoms with E-state index in [1.807, 2.05) is 48.5 Å². The van der Waals surface area contributed by atoms with Crippen molar-refractivity contribution in [3.63, 3.8) is 0 Å². The van der Waals surface area contributed by atoms with E-state index >= 15 is 0 Å². The Kier molecular flexibility index (Phi) is 10.0. The Morgan fingerprint density at radius 1 is 0.929 bits per heavy atom. The Morgan fingerprint density at radius 3 is 2.29 bits per heavy atom. The van der Waals surface area contributed by atoms with Gasteiger partial charge in [-0.05, 0) is 96.0 Å². The lowest BCUT2D eigenvalue weighted by Crippen LogP contribution is -2.37. The van der Waals surface area contributed by atoms with Crippen LogP contribution in [0.2, 0.25) is 0 Å². The molecule has 0 radical (unpaired) electrons. The molecule has 3 aromatic carbocycles. The van der Waals surface area contributed by atoms with Crippen molar-refractivity contribution in [1.29, 1.82) is 0 Å². The second-order valence-electron chi connectivity index (χ2n) is 11.1. The van der Waals surface area contributed by atoms with E-state index in [1.54, 1.807) is 12.1 Å². The number of fused-ring (bicyclic) bond motifs is 1. The van der Waals surface area contributed by atoms with Crippen LogP contribution >= 0.6 is 0 Å². The van der Waals surface area contributed by atoms with E-state index in [0.717, 1.165) is 52.3 Å². The second kappa shape index (κ2) is 14.3. The van der Waals surface area contributed by atoms with Gasteiger partial charge in [-0.1, -0.05) is 56.5 Å². The van der Waals surface area contributed by atoms with E-state index in [4.69, 9.17) is 18.9 Å². The quantitative estimate of drug-likeness (QED) is 0.179. The van der Waals surface area contributed by atoms with Gasteiger partial charge in [0, 0.05) is 13.5 Å². The average Bonchev–Trinajstić information content (AvgIpc) is 3.48. The van der Waals surface area contributed by atoms with Gasteiger partial charge in [0.1, 0.15) is 24.2 Å². The molecule has 0 spiro atoms. The molecule has 1 heterocycles. The molecule has 3 aromatic rings. The Labute approximate surface area is 248 Å². The number of hydrogen-bond donors (Lipinski definition) is 2. The highest BCUT2D eigenvalue weighted by Gasteiger charge is 2.19. The molecule has 0 aromatic heterocycles. The number of phenolic OH excluding ortho intramolecular Hbond substituents is 1. The summed E-state index contributed by atoms with van der Waals surface area (Å²) in [5.41, 5.74) is 5.28. The number of rotatable bonds is 12. The van der Waals surface area contributed by atoms with Gasteiger partial charge in [-0.2, -0.15) is 0 Å². The Hall–Kier alpha value is -3.97. The first-order chi connectivity index (χ1) is 20.5. The molecule has 1 atom stereocenters. The monoisotopic (exact) mass is 571 g/mol. The first kappa shape index (κ1) is 29.5. The van der Waals surface area contributed by atoms with Gasteiger partial charge >= 0.3 is 5.97 Å². The van der Waals surface area contributed by atoms with Gasteiger partial charge in [-0.15, -0.1) is 0 Å². The fraction of sp³-hybridized carbons (Fsp3) is 0.400. The minimum Gasteiger partial charge on any atom is -0.508 e. The number of carbonyl (C=O) groups excluding carboxylic acids is 1. The molecule has 222 valence electrons. The molecule has 7 nitrogen and oxygen atoms in total. The molecule has 0 bridgehead atoms. The molecule has 0 saturated heterocycles. The van der Waals surface area contributed by atoms with Gasteiger partial charge in [0.25, 0.3) is 0 Å². The lowest BCUT2D eigenvalue weighted by atomic mass is 9.88. The molecule has 1 saturated carbocycles. The van der Waals surface area contributed by atoms with Crippen molar-refractivity contribution in [1.82, 2.24) is 5.32 Å². The molecule has 1 fully saturated rings. The molecule has 2 N–H and O–H groups in total. The minimum absolute atomic E-state index is 0.221. The van der Waals surface area contributed by atoms with Gasteiger partial charge in [-0.25, -0.2) is 0 Å². The summed E-state index contributed by atoms with van der Waals surface area (Å²) < 4.78 is 22.8. The minimum atomic E-state index is -0.365. The summed E-state index contributed by atoms with van der Waals surface area (Å²) in [5, 5.41) is 13.4. The molecule has 1 unspecified atom stereocenters. The summed E-state index contributed by atoms with van der Waals surface area (Å²) in [4.78, 5) is 11.7. The normalized spacial score (nSPS) is 16.0. The standard InChI is InChI=1S/C35H41NO6/c1-3-32(28-13-18-33-34(19-28)41-23-40-33)35(26-9-14-29(38)15-10-26)27-11-16-30(17-12-27)39-22-31(42-24(2)37)21-36-20-25-7-5-4-6-8-25/h9-19,25,31,36,38H,3-8,20-23H2,1-2H3. The molecular formula is C35H41NO6. The highest BCUT2D eigenvalue weighted by molar-refractivity contribution is 5.99. The lowest BCUT2D eigenvalue weighted by molar-refractivity contribution is -0.147. The molecule has 1 aliphatic carbocycles. The van der Waals surface area contributed by atoms with Crippen molar-refractivity contribution in [2.24, 2.45) is 5.92 Å². The van der Waals surface area contributed by atoms with Crippen LogP contribution in [0.1, 0.15) is 69.1 Å². The largest absolute Gasteiger partial charge is 0.508 e. The van der Waals surface area contributed by atoms with E-state index in [-0.39, 0.29) is 31.2 Å². The van der Waals surface area contributed by atoms with Crippen molar-refractivity contribution in [3.05, 3.63) is 83.4 Å². The molecule has 7 heteroatoms. The van der Waals surface area contributed by atoms with Gasteiger partial charge in [0.15, 0.2) is 11.5 Å². The maximum absolute atomic E-state index is 11.7. The highest BCUT2D eigenvalue weighted by atomic mass is 16.7. The van der Waals surface area contributed by atoms with Crippen molar-refractivity contribution in [2.75, 3.05) is 26.5 Å². The van der Waals surface area contributed by atoms with Crippen LogP contribution in [0.15, 0.2) is 66.7 Å². The number of hydrogen-bond acceptors (Lipinski definition) is 7. The first-order valence-electron chi connectivity index (χ1n) is 15.0. The zero-order valence-corrected chi connectivity index (χ0v) is 24.6. The molecule has 0 amide bonds. The summed E-state index contributed by atoms with van der Waals surface area (Å²) >= 11 is 0. The summed E-state index contributed by atoms with van der Waals surface area (Å²) in [5.74, 6) is 2.80. The third kappa shape index (κ3) is 7.65. The van der Waals surface area contributed by atoms with E-state index in [9.17, 15) is 9.90 Å². The Bertz CT molecular complexity index is 1360. The topological polar surface area (TPSA) is 86.2 Å². The molecule has 5 rings (SSSR count). The number of ether oxygens (including phenoxy) is 4. The number of aromatic hydroxyl groups is 1. The summed E-state index contributed by atoms with van der Waals surface area (Å²) in [6.45, 7) is 5.58. The number of carbonyl (C=O) groups is 1. The zero-order valence-electron chi connectivity index (χ0n) is 24.6. The fourth-order valence-electron chi connectivity index (χ4n) is 5.87. The molecular weight excluding hydrogens is 530 g/mol. The van der Waals surface area contributed by atoms with Gasteiger partial charge in [0.2, 0.25) is 6.79 Å². The molecule has 42 heavy (non-hydrogen) atoms. The summed E-state index contributed by atoms with van der Waals surface area (Å²) in [6, 6.07) is 21.3. The predicted octanol–water partition coefficient (Wildman–Crippen LogP) is 6.97. The van der Waals surface area contributed by atoms with Gasteiger partial charge < -0.3 is 29.4 Å². The number of nitrogens with one attached hydrogen (secondary N) is 1. The highest BCUT2D eigenvalue weighted by Crippen LogP contribution is 2.40. The summed E-state index contributed by atoms with van der Waals surface area (Å²) in [7, 11) is 0. The van der Waals surface area contributed by atoms with Crippen LogP contribution in [0.3, 0.4) is 0 Å². The lowest BCUT2D eigenvalue weighted by Gasteiger charge is -2.24. The van der Waals surface area contributed by atoms with E-state index in [2.05, 4.69) is 18.3 Å². The number of esters is 1. The molecule has 2 aliphatic rings. The van der Waals surface area contributed by atoms with Crippen molar-refractivity contribution < 1.29 is 28.8 Å². The predicted molar refractivity (Wildman–Crippen MR) is 164 cm³/mol. The maximum Gasteiger partial charge on any atom is 0.303 e. The van der Waals surface area contributed by atoms with Crippen LogP contribution in [0, 0.1) is 5.92 Å².